The van der Waals surface area contributed by atoms with Crippen LogP contribution < -0.4 is 4.52 Å². The Labute approximate surface area is 241 Å². The van der Waals surface area contributed by atoms with Crippen molar-refractivity contribution in [3.63, 3.8) is 0 Å². The molecule has 0 bridgehead atoms. The number of hydrogen-bond acceptors (Lipinski definition) is 4. The van der Waals surface area contributed by atoms with Crippen LogP contribution in [0.5, 0.6) is 5.75 Å². The van der Waals surface area contributed by atoms with Gasteiger partial charge < -0.3 is 18.3 Å². The van der Waals surface area contributed by atoms with E-state index in [1.165, 1.54) is 60.8 Å². The number of hydrogen-bond donors (Lipinski definition) is 0. The Morgan fingerprint density at radius 3 is 2.39 bits per heavy atom. The highest BCUT2D eigenvalue weighted by atomic mass is 31.2. The van der Waals surface area contributed by atoms with Crippen LogP contribution in [0.25, 0.3) is 44.2 Å². The van der Waals surface area contributed by atoms with Gasteiger partial charge in [-0.1, -0.05) is 84.4 Å². The van der Waals surface area contributed by atoms with Crippen LogP contribution in [0, 0.1) is 6.92 Å². The molecule has 0 spiro atoms. The van der Waals surface area contributed by atoms with E-state index >= 15 is 0 Å². The standard InChI is InChI=1S/C36H31O4P/c1-22-10-12-25(13-11-22)30-20-27-17-16-26-15-14-24-6-3-4-8-29(24)33(26)35(27)36-32(30)23(2)37-21-28-7-5-9-31(34(28)36)40-41-38-18-19-39-41/h3-15,20,23H,16-19,21H2,1-2H3/t23-/m0/s1. The predicted molar refractivity (Wildman–Crippen MR) is 165 cm³/mol. The molecule has 41 heavy (non-hydrogen) atoms. The first-order valence-electron chi connectivity index (χ1n) is 14.4. The number of rotatable bonds is 3. The second-order valence-corrected chi connectivity index (χ2v) is 12.3. The zero-order valence-corrected chi connectivity index (χ0v) is 24.2. The summed E-state index contributed by atoms with van der Waals surface area (Å²) < 4.78 is 24.8. The van der Waals surface area contributed by atoms with Gasteiger partial charge in [-0.05, 0) is 88.0 Å². The van der Waals surface area contributed by atoms with E-state index in [0.717, 1.165) is 29.7 Å². The van der Waals surface area contributed by atoms with Crippen molar-refractivity contribution in [3.05, 3.63) is 113 Å². The van der Waals surface area contributed by atoms with Crippen molar-refractivity contribution in [3.8, 4) is 39.1 Å². The zero-order valence-electron chi connectivity index (χ0n) is 23.3. The van der Waals surface area contributed by atoms with E-state index in [1.54, 1.807) is 0 Å². The summed E-state index contributed by atoms with van der Waals surface area (Å²) >= 11 is 0. The molecule has 1 aliphatic carbocycles. The lowest BCUT2D eigenvalue weighted by molar-refractivity contribution is 0.0554. The van der Waals surface area contributed by atoms with Crippen LogP contribution in [0.3, 0.4) is 0 Å². The second-order valence-electron chi connectivity index (χ2n) is 11.2. The molecular formula is C36H31O4P. The van der Waals surface area contributed by atoms with Crippen molar-refractivity contribution in [1.82, 2.24) is 0 Å². The lowest BCUT2D eigenvalue weighted by Gasteiger charge is -2.30. The quantitative estimate of drug-likeness (QED) is 0.207. The highest BCUT2D eigenvalue weighted by Gasteiger charge is 2.34. The fourth-order valence-corrected chi connectivity index (χ4v) is 7.67. The predicted octanol–water partition coefficient (Wildman–Crippen LogP) is 9.49. The highest BCUT2D eigenvalue weighted by Crippen LogP contribution is 2.56. The van der Waals surface area contributed by atoms with Gasteiger partial charge in [-0.25, -0.2) is 0 Å². The summed E-state index contributed by atoms with van der Waals surface area (Å²) in [5.41, 5.74) is 13.8. The highest BCUT2D eigenvalue weighted by molar-refractivity contribution is 7.42. The minimum Gasteiger partial charge on any atom is -0.426 e. The molecule has 0 unspecified atom stereocenters. The van der Waals surface area contributed by atoms with Crippen LogP contribution in [-0.2, 0) is 33.2 Å². The zero-order chi connectivity index (χ0) is 27.5. The molecule has 204 valence electrons. The van der Waals surface area contributed by atoms with Crippen molar-refractivity contribution < 1.29 is 18.3 Å². The molecule has 2 heterocycles. The Hall–Kier alpha value is -3.53. The van der Waals surface area contributed by atoms with E-state index in [-0.39, 0.29) is 6.10 Å². The molecule has 2 aliphatic heterocycles. The van der Waals surface area contributed by atoms with Gasteiger partial charge in [-0.15, -0.1) is 0 Å². The molecule has 1 fully saturated rings. The summed E-state index contributed by atoms with van der Waals surface area (Å²) in [4.78, 5) is 0. The molecule has 4 nitrogen and oxygen atoms in total. The first-order chi connectivity index (χ1) is 20.2. The Balaban J connectivity index is 1.50. The molecule has 0 N–H and O–H groups in total. The molecule has 5 heteroatoms. The van der Waals surface area contributed by atoms with Crippen LogP contribution in [0.15, 0.2) is 84.9 Å². The van der Waals surface area contributed by atoms with Gasteiger partial charge in [0.2, 0.25) is 0 Å². The van der Waals surface area contributed by atoms with Crippen molar-refractivity contribution in [2.75, 3.05) is 13.2 Å². The maximum absolute atomic E-state index is 6.62. The number of aryl methyl sites for hydroxylation is 3. The van der Waals surface area contributed by atoms with Crippen LogP contribution in [0.2, 0.25) is 0 Å². The third-order valence-electron chi connectivity index (χ3n) is 8.65. The van der Waals surface area contributed by atoms with Crippen molar-refractivity contribution in [1.29, 1.82) is 0 Å². The lowest BCUT2D eigenvalue weighted by Crippen LogP contribution is -2.10. The molecule has 0 saturated carbocycles. The summed E-state index contributed by atoms with van der Waals surface area (Å²) in [5.74, 6) is 0.796. The summed E-state index contributed by atoms with van der Waals surface area (Å²) in [5, 5.41) is 2.55. The number of fused-ring (bicyclic) bond motifs is 9. The minimum atomic E-state index is -1.43. The maximum atomic E-state index is 6.62. The molecule has 3 aliphatic rings. The molecule has 0 aromatic heterocycles. The Morgan fingerprint density at radius 2 is 1.54 bits per heavy atom. The first-order valence-corrected chi connectivity index (χ1v) is 15.5. The van der Waals surface area contributed by atoms with Crippen molar-refractivity contribution in [2.45, 2.75) is 39.4 Å². The molecule has 8 rings (SSSR count). The molecule has 1 atom stereocenters. The van der Waals surface area contributed by atoms with E-state index in [1.807, 2.05) is 0 Å². The summed E-state index contributed by atoms with van der Waals surface area (Å²) in [6.45, 7) is 5.95. The van der Waals surface area contributed by atoms with E-state index in [4.69, 9.17) is 18.3 Å². The van der Waals surface area contributed by atoms with Gasteiger partial charge in [0.25, 0.3) is 0 Å². The molecule has 0 radical (unpaired) electrons. The summed E-state index contributed by atoms with van der Waals surface area (Å²) in [6, 6.07) is 31.0. The second kappa shape index (κ2) is 10.1. The molecule has 0 amide bonds. The average molecular weight is 559 g/mol. The van der Waals surface area contributed by atoms with Gasteiger partial charge in [0.05, 0.1) is 25.9 Å². The van der Waals surface area contributed by atoms with Crippen LogP contribution in [0.1, 0.15) is 40.8 Å². The van der Waals surface area contributed by atoms with Gasteiger partial charge >= 0.3 is 8.60 Å². The van der Waals surface area contributed by atoms with E-state index in [0.29, 0.717) is 19.8 Å². The van der Waals surface area contributed by atoms with Crippen LogP contribution in [-0.4, -0.2) is 13.2 Å². The maximum Gasteiger partial charge on any atom is 0.397 e. The van der Waals surface area contributed by atoms with Gasteiger partial charge in [0.15, 0.2) is 0 Å². The largest absolute Gasteiger partial charge is 0.426 e. The fourth-order valence-electron chi connectivity index (χ4n) is 6.73. The van der Waals surface area contributed by atoms with E-state index < -0.39 is 8.60 Å². The number of ether oxygens (including phenoxy) is 1. The molecular weight excluding hydrogens is 527 g/mol. The van der Waals surface area contributed by atoms with Gasteiger partial charge in [-0.2, -0.15) is 0 Å². The molecule has 5 aromatic carbocycles. The third-order valence-corrected chi connectivity index (χ3v) is 9.78. The summed E-state index contributed by atoms with van der Waals surface area (Å²) in [7, 11) is -1.43. The monoisotopic (exact) mass is 558 g/mol. The van der Waals surface area contributed by atoms with E-state index in [9.17, 15) is 0 Å². The van der Waals surface area contributed by atoms with Crippen molar-refractivity contribution >= 4 is 19.4 Å². The van der Waals surface area contributed by atoms with Gasteiger partial charge in [0, 0.05) is 11.1 Å². The fraction of sp³-hybridized carbons (Fsp3) is 0.222. The Morgan fingerprint density at radius 1 is 0.732 bits per heavy atom. The lowest BCUT2D eigenvalue weighted by atomic mass is 9.74. The average Bonchev–Trinajstić information content (AvgIpc) is 3.47. The van der Waals surface area contributed by atoms with Crippen molar-refractivity contribution in [2.24, 2.45) is 0 Å². The van der Waals surface area contributed by atoms with E-state index in [2.05, 4.69) is 98.8 Å². The van der Waals surface area contributed by atoms with Gasteiger partial charge in [0.1, 0.15) is 5.75 Å². The smallest absolute Gasteiger partial charge is 0.397 e. The van der Waals surface area contributed by atoms with Crippen LogP contribution in [0.4, 0.5) is 0 Å². The molecule has 5 aromatic rings. The SMILES string of the molecule is Cc1ccc(-c2cc3c(c4c2[C@H](C)OCc2cccc(OP5OCCO5)c2-4)-c2c(ccc4ccccc24)CC3)cc1. The third kappa shape index (κ3) is 4.21. The molecule has 1 saturated heterocycles. The normalized spacial score (nSPS) is 17.9. The van der Waals surface area contributed by atoms with Gasteiger partial charge in [-0.3, -0.25) is 0 Å². The Kier molecular flexibility index (Phi) is 6.20. The summed E-state index contributed by atoms with van der Waals surface area (Å²) in [6.07, 6.45) is 1.89. The topological polar surface area (TPSA) is 36.9 Å². The Bertz CT molecular complexity index is 1800. The minimum absolute atomic E-state index is 0.114. The number of benzene rings is 5. The van der Waals surface area contributed by atoms with Crippen LogP contribution >= 0.6 is 8.60 Å². The first kappa shape index (κ1) is 25.2.